The monoisotopic (exact) mass is 410 g/mol. The number of nitrogens with zero attached hydrogens (tertiary/aromatic N) is 2. The average Bonchev–Trinajstić information content (AvgIpc) is 2.70. The van der Waals surface area contributed by atoms with Crippen LogP contribution in [-0.4, -0.2) is 57.0 Å². The van der Waals surface area contributed by atoms with E-state index in [0.29, 0.717) is 32.0 Å². The molecule has 0 spiro atoms. The van der Waals surface area contributed by atoms with Crippen molar-refractivity contribution in [1.82, 2.24) is 4.31 Å². The van der Waals surface area contributed by atoms with Crippen molar-refractivity contribution in [3.05, 3.63) is 64.5 Å². The van der Waals surface area contributed by atoms with E-state index >= 15 is 0 Å². The summed E-state index contributed by atoms with van der Waals surface area (Å²) in [6.45, 7) is 2.81. The van der Waals surface area contributed by atoms with E-state index in [9.17, 15) is 22.9 Å². The zero-order valence-electron chi connectivity index (χ0n) is 15.1. The Morgan fingerprint density at radius 1 is 1.11 bits per heavy atom. The lowest BCUT2D eigenvalue weighted by molar-refractivity contribution is -0.903. The molecular formula is C18H21FN3O5S+. The molecule has 1 N–H and O–H groups in total. The maximum absolute atomic E-state index is 12.9. The highest BCUT2D eigenvalue weighted by atomic mass is 32.2. The summed E-state index contributed by atoms with van der Waals surface area (Å²) in [6, 6.07) is 11.2. The summed E-state index contributed by atoms with van der Waals surface area (Å²) in [6.07, 6.45) is 0. The maximum Gasteiger partial charge on any atom is 0.289 e. The lowest BCUT2D eigenvalue weighted by atomic mass is 10.3. The van der Waals surface area contributed by atoms with E-state index in [1.54, 1.807) is 12.1 Å². The number of piperazine rings is 1. The Kier molecular flexibility index (Phi) is 6.22. The smallest absolute Gasteiger partial charge is 0.289 e. The van der Waals surface area contributed by atoms with Crippen molar-refractivity contribution >= 4 is 15.7 Å². The van der Waals surface area contributed by atoms with Crippen LogP contribution in [0.3, 0.4) is 0 Å². The first-order chi connectivity index (χ1) is 13.4. The zero-order valence-corrected chi connectivity index (χ0v) is 15.9. The minimum absolute atomic E-state index is 0.275. The van der Waals surface area contributed by atoms with E-state index in [0.717, 1.165) is 0 Å². The summed E-state index contributed by atoms with van der Waals surface area (Å²) in [5.41, 5.74) is -0.412. The molecule has 0 atom stereocenters. The first kappa shape index (κ1) is 20.2. The molecule has 1 saturated heterocycles. The molecule has 1 fully saturated rings. The number of nitro groups is 1. The number of rotatable bonds is 7. The quantitative estimate of drug-likeness (QED) is 0.536. The van der Waals surface area contributed by atoms with E-state index in [-0.39, 0.29) is 23.8 Å². The average molecular weight is 410 g/mol. The number of para-hydroxylation sites is 1. The van der Waals surface area contributed by atoms with Gasteiger partial charge in [-0.25, -0.2) is 12.8 Å². The number of quaternary nitrogens is 1. The molecule has 150 valence electrons. The molecule has 2 aromatic rings. The van der Waals surface area contributed by atoms with E-state index in [4.69, 9.17) is 4.74 Å². The molecule has 1 aliphatic heterocycles. The van der Waals surface area contributed by atoms with Gasteiger partial charge in [0.15, 0.2) is 4.90 Å². The Balaban J connectivity index is 1.54. The molecule has 0 amide bonds. The van der Waals surface area contributed by atoms with Crippen molar-refractivity contribution in [2.45, 2.75) is 4.90 Å². The van der Waals surface area contributed by atoms with Crippen molar-refractivity contribution in [2.24, 2.45) is 0 Å². The summed E-state index contributed by atoms with van der Waals surface area (Å²) >= 11 is 0. The van der Waals surface area contributed by atoms with Crippen LogP contribution in [0.1, 0.15) is 0 Å². The van der Waals surface area contributed by atoms with Gasteiger partial charge in [0.25, 0.3) is 5.69 Å². The van der Waals surface area contributed by atoms with Gasteiger partial charge in [-0.1, -0.05) is 12.1 Å². The third-order valence-electron chi connectivity index (χ3n) is 4.65. The van der Waals surface area contributed by atoms with Crippen molar-refractivity contribution in [2.75, 3.05) is 39.3 Å². The number of halogens is 1. The Hall–Kier alpha value is -2.56. The van der Waals surface area contributed by atoms with Gasteiger partial charge in [-0.15, -0.1) is 0 Å². The highest BCUT2D eigenvalue weighted by molar-refractivity contribution is 7.89. The predicted octanol–water partition coefficient (Wildman–Crippen LogP) is 0.702. The molecule has 0 aromatic heterocycles. The van der Waals surface area contributed by atoms with Crippen LogP contribution in [0.5, 0.6) is 5.75 Å². The van der Waals surface area contributed by atoms with Gasteiger partial charge in [0.1, 0.15) is 24.7 Å². The fourth-order valence-corrected chi connectivity index (χ4v) is 4.70. The van der Waals surface area contributed by atoms with E-state index in [1.165, 1.54) is 45.6 Å². The van der Waals surface area contributed by atoms with Gasteiger partial charge in [-0.3, -0.25) is 10.1 Å². The predicted molar refractivity (Wildman–Crippen MR) is 99.3 cm³/mol. The topological polar surface area (TPSA) is 94.2 Å². The first-order valence-corrected chi connectivity index (χ1v) is 10.3. The molecule has 0 unspecified atom stereocenters. The van der Waals surface area contributed by atoms with E-state index in [2.05, 4.69) is 0 Å². The molecule has 0 saturated carbocycles. The van der Waals surface area contributed by atoms with Crippen molar-refractivity contribution < 1.29 is 27.4 Å². The zero-order chi connectivity index (χ0) is 20.1. The molecule has 0 aliphatic carbocycles. The lowest BCUT2D eigenvalue weighted by Crippen LogP contribution is -3.15. The van der Waals surface area contributed by atoms with Crippen LogP contribution in [-0.2, 0) is 10.0 Å². The standard InChI is InChI=1S/C18H20FN3O5S/c19-15-5-7-16(8-6-15)27-14-13-20-9-11-21(12-10-20)28(25,26)18-4-2-1-3-17(18)22(23)24/h1-8H,9-14H2/p+1. The first-order valence-electron chi connectivity index (χ1n) is 8.83. The van der Waals surface area contributed by atoms with Crippen LogP contribution >= 0.6 is 0 Å². The van der Waals surface area contributed by atoms with Crippen LogP contribution in [0.15, 0.2) is 53.4 Å². The van der Waals surface area contributed by atoms with Crippen molar-refractivity contribution in [1.29, 1.82) is 0 Å². The highest BCUT2D eigenvalue weighted by Gasteiger charge is 2.34. The maximum atomic E-state index is 12.9. The Morgan fingerprint density at radius 3 is 2.39 bits per heavy atom. The van der Waals surface area contributed by atoms with Gasteiger partial charge < -0.3 is 9.64 Å². The fourth-order valence-electron chi connectivity index (χ4n) is 3.10. The molecule has 2 aromatic carbocycles. The summed E-state index contributed by atoms with van der Waals surface area (Å²) in [7, 11) is -3.92. The molecule has 0 radical (unpaired) electrons. The normalized spacial score (nSPS) is 16.0. The Morgan fingerprint density at radius 2 is 1.75 bits per heavy atom. The number of ether oxygens (including phenoxy) is 1. The highest BCUT2D eigenvalue weighted by Crippen LogP contribution is 2.26. The molecule has 3 rings (SSSR count). The summed E-state index contributed by atoms with van der Waals surface area (Å²) in [5.74, 6) is 0.257. The lowest BCUT2D eigenvalue weighted by Gasteiger charge is -2.31. The fraction of sp³-hybridized carbons (Fsp3) is 0.333. The number of nitro benzene ring substituents is 1. The van der Waals surface area contributed by atoms with Gasteiger partial charge >= 0.3 is 0 Å². The number of nitrogens with one attached hydrogen (secondary N) is 1. The second kappa shape index (κ2) is 8.63. The third-order valence-corrected chi connectivity index (χ3v) is 6.59. The van der Waals surface area contributed by atoms with Crippen molar-refractivity contribution in [3.8, 4) is 5.75 Å². The second-order valence-corrected chi connectivity index (χ2v) is 8.34. The molecule has 1 aliphatic rings. The Bertz CT molecular complexity index is 928. The van der Waals surface area contributed by atoms with Gasteiger partial charge in [-0.05, 0) is 30.3 Å². The van der Waals surface area contributed by atoms with E-state index < -0.39 is 20.6 Å². The molecule has 28 heavy (non-hydrogen) atoms. The molecule has 0 bridgehead atoms. The molecule has 1 heterocycles. The van der Waals surface area contributed by atoms with Gasteiger partial charge in [-0.2, -0.15) is 4.31 Å². The third kappa shape index (κ3) is 4.64. The summed E-state index contributed by atoms with van der Waals surface area (Å²) in [4.78, 5) is 11.4. The SMILES string of the molecule is O=[N+]([O-])c1ccccc1S(=O)(=O)N1CC[NH+](CCOc2ccc(F)cc2)CC1. The second-order valence-electron chi connectivity index (χ2n) is 6.43. The number of hydrogen-bond acceptors (Lipinski definition) is 5. The largest absolute Gasteiger partial charge is 0.488 e. The summed E-state index contributed by atoms with van der Waals surface area (Å²) in [5, 5.41) is 11.1. The van der Waals surface area contributed by atoms with Crippen LogP contribution < -0.4 is 9.64 Å². The minimum atomic E-state index is -3.92. The summed E-state index contributed by atoms with van der Waals surface area (Å²) < 4.78 is 45.3. The van der Waals surface area contributed by atoms with Crippen LogP contribution in [0.4, 0.5) is 10.1 Å². The van der Waals surface area contributed by atoms with Crippen LogP contribution in [0.2, 0.25) is 0 Å². The van der Waals surface area contributed by atoms with Gasteiger partial charge in [0, 0.05) is 6.07 Å². The van der Waals surface area contributed by atoms with Gasteiger partial charge in [0.2, 0.25) is 10.0 Å². The van der Waals surface area contributed by atoms with Crippen LogP contribution in [0.25, 0.3) is 0 Å². The minimum Gasteiger partial charge on any atom is -0.488 e. The number of benzene rings is 2. The Labute approximate surface area is 162 Å². The molecule has 10 heteroatoms. The number of hydrogen-bond donors (Lipinski definition) is 1. The molecule has 8 nitrogen and oxygen atoms in total. The van der Waals surface area contributed by atoms with E-state index in [1.807, 2.05) is 0 Å². The number of sulfonamides is 1. The van der Waals surface area contributed by atoms with Crippen LogP contribution in [0, 0.1) is 15.9 Å². The molecular weight excluding hydrogens is 389 g/mol. The van der Waals surface area contributed by atoms with Crippen molar-refractivity contribution in [3.63, 3.8) is 0 Å². The van der Waals surface area contributed by atoms with Gasteiger partial charge in [0.05, 0.1) is 31.1 Å².